The second-order valence-corrected chi connectivity index (χ2v) is 7.11. The van der Waals surface area contributed by atoms with Crippen LogP contribution in [0.25, 0.3) is 0 Å². The lowest BCUT2D eigenvalue weighted by molar-refractivity contribution is 0.228. The molecule has 5 nitrogen and oxygen atoms in total. The van der Waals surface area contributed by atoms with Gasteiger partial charge in [-0.1, -0.05) is 12.2 Å². The number of nitrogens with one attached hydrogen (secondary N) is 1. The summed E-state index contributed by atoms with van der Waals surface area (Å²) in [6.45, 7) is 1.58. The van der Waals surface area contributed by atoms with E-state index in [1.54, 1.807) is 6.92 Å². The third-order valence-corrected chi connectivity index (χ3v) is 5.29. The fraction of sp³-hybridized carbons (Fsp3) is 0.385. The van der Waals surface area contributed by atoms with E-state index in [-0.39, 0.29) is 23.0 Å². The number of thiocarbonyl (C=S) groups is 1. The molecule has 0 saturated carbocycles. The van der Waals surface area contributed by atoms with Gasteiger partial charge in [-0.05, 0) is 25.1 Å². The zero-order valence-electron chi connectivity index (χ0n) is 12.3. The highest BCUT2D eigenvalue weighted by Crippen LogP contribution is 2.33. The van der Waals surface area contributed by atoms with Crippen molar-refractivity contribution in [2.75, 3.05) is 18.1 Å². The van der Waals surface area contributed by atoms with E-state index >= 15 is 0 Å². The number of guanidine groups is 1. The maximum absolute atomic E-state index is 14.2. The Kier molecular flexibility index (Phi) is 4.95. The first-order valence-electron chi connectivity index (χ1n) is 6.50. The Labute approximate surface area is 139 Å². The van der Waals surface area contributed by atoms with Crippen LogP contribution < -0.4 is 11.1 Å². The lowest BCUT2D eigenvalue weighted by Gasteiger charge is -2.34. The number of nitrogens with two attached hydrogens (primary N) is 1. The molecule has 0 bridgehead atoms. The smallest absolute Gasteiger partial charge is 0.288 e. The molecule has 126 valence electrons. The van der Waals surface area contributed by atoms with Crippen molar-refractivity contribution in [3.8, 4) is 0 Å². The van der Waals surface area contributed by atoms with Gasteiger partial charge < -0.3 is 11.1 Å². The molecule has 23 heavy (non-hydrogen) atoms. The minimum Gasteiger partial charge on any atom is -0.369 e. The summed E-state index contributed by atoms with van der Waals surface area (Å²) in [6.07, 6.45) is -2.82. The topological polar surface area (TPSA) is 70.7 Å². The van der Waals surface area contributed by atoms with Gasteiger partial charge in [0.2, 0.25) is 5.96 Å². The molecule has 0 aliphatic carbocycles. The van der Waals surface area contributed by atoms with E-state index < -0.39 is 33.8 Å². The molecule has 1 aromatic carbocycles. The Morgan fingerprint density at radius 2 is 2.22 bits per heavy atom. The van der Waals surface area contributed by atoms with Crippen molar-refractivity contribution in [1.29, 1.82) is 0 Å². The Bertz CT molecular complexity index is 698. The van der Waals surface area contributed by atoms with Crippen molar-refractivity contribution in [2.45, 2.75) is 18.9 Å². The molecule has 0 fully saturated rings. The minimum atomic E-state index is -2.82. The summed E-state index contributed by atoms with van der Waals surface area (Å²) in [5.74, 6) is -0.568. The molecule has 2 rings (SSSR count). The Morgan fingerprint density at radius 1 is 1.57 bits per heavy atom. The lowest BCUT2D eigenvalue weighted by atomic mass is 9.93. The van der Waals surface area contributed by atoms with Gasteiger partial charge in [-0.3, -0.25) is 4.31 Å². The maximum atomic E-state index is 14.2. The van der Waals surface area contributed by atoms with Crippen LogP contribution in [0.3, 0.4) is 0 Å². The molecule has 0 radical (unpaired) electrons. The number of alkyl halides is 2. The summed E-state index contributed by atoms with van der Waals surface area (Å²) in [7, 11) is 0.0446. The van der Waals surface area contributed by atoms with E-state index in [2.05, 4.69) is 22.5 Å². The van der Waals surface area contributed by atoms with Gasteiger partial charge in [-0.15, -0.1) is 0 Å². The first-order valence-corrected chi connectivity index (χ1v) is 8.19. The van der Waals surface area contributed by atoms with Crippen LogP contribution in [0.2, 0.25) is 0 Å². The summed E-state index contributed by atoms with van der Waals surface area (Å²) in [5.41, 5.74) is 4.85. The second kappa shape index (κ2) is 6.44. The number of hydrogen-bond acceptors (Lipinski definition) is 4. The van der Waals surface area contributed by atoms with E-state index in [0.29, 0.717) is 0 Å². The summed E-state index contributed by atoms with van der Waals surface area (Å²) in [5, 5.41) is 2.35. The van der Waals surface area contributed by atoms with E-state index in [4.69, 9.17) is 5.73 Å². The monoisotopic (exact) mass is 364 g/mol. The highest BCUT2D eigenvalue weighted by Gasteiger charge is 2.37. The molecule has 0 spiro atoms. The van der Waals surface area contributed by atoms with Gasteiger partial charge in [0.1, 0.15) is 27.3 Å². The van der Waals surface area contributed by atoms with Crippen molar-refractivity contribution in [3.05, 3.63) is 29.6 Å². The van der Waals surface area contributed by atoms with Crippen LogP contribution in [0.1, 0.15) is 12.5 Å². The molecular weight excluding hydrogens is 349 g/mol. The second-order valence-electron chi connectivity index (χ2n) is 5.19. The van der Waals surface area contributed by atoms with Crippen molar-refractivity contribution in [2.24, 2.45) is 10.7 Å². The average Bonchev–Trinajstić information content (AvgIpc) is 2.46. The summed E-state index contributed by atoms with van der Waals surface area (Å²) in [4.78, 5) is 3.55. The van der Waals surface area contributed by atoms with Gasteiger partial charge in [-0.2, -0.15) is 0 Å². The SMILES string of the molecule is CN1C(N)=NC(C)(c2cc(NC(=S)C(F)F)ccc2F)CS1=O. The van der Waals surface area contributed by atoms with Crippen molar-refractivity contribution >= 4 is 39.8 Å². The van der Waals surface area contributed by atoms with Gasteiger partial charge in [0, 0.05) is 18.3 Å². The Hall–Kier alpha value is -1.68. The van der Waals surface area contributed by atoms with Crippen LogP contribution in [-0.4, -0.2) is 38.7 Å². The summed E-state index contributed by atoms with van der Waals surface area (Å²) < 4.78 is 52.6. The van der Waals surface area contributed by atoms with E-state index in [1.165, 1.54) is 23.5 Å². The molecule has 10 heteroatoms. The van der Waals surface area contributed by atoms with Crippen LogP contribution in [0, 0.1) is 5.82 Å². The van der Waals surface area contributed by atoms with E-state index in [0.717, 1.165) is 6.07 Å². The van der Waals surface area contributed by atoms with Crippen molar-refractivity contribution in [1.82, 2.24) is 4.31 Å². The molecule has 0 saturated heterocycles. The Morgan fingerprint density at radius 3 is 2.78 bits per heavy atom. The highest BCUT2D eigenvalue weighted by atomic mass is 32.2. The fourth-order valence-corrected chi connectivity index (χ4v) is 3.41. The molecule has 1 aliphatic rings. The molecule has 0 amide bonds. The number of aliphatic imine (C=N–C) groups is 1. The predicted octanol–water partition coefficient (Wildman–Crippen LogP) is 1.97. The molecule has 1 heterocycles. The van der Waals surface area contributed by atoms with Gasteiger partial charge in [0.15, 0.2) is 0 Å². The van der Waals surface area contributed by atoms with Crippen molar-refractivity contribution < 1.29 is 17.4 Å². The normalized spacial score (nSPS) is 24.5. The molecule has 1 aliphatic heterocycles. The summed E-state index contributed by atoms with van der Waals surface area (Å²) >= 11 is 4.52. The van der Waals surface area contributed by atoms with Gasteiger partial charge >= 0.3 is 0 Å². The first kappa shape index (κ1) is 17.7. The number of nitrogens with zero attached hydrogens (tertiary/aromatic N) is 2. The highest BCUT2D eigenvalue weighted by molar-refractivity contribution is 7.83. The molecule has 2 unspecified atom stereocenters. The largest absolute Gasteiger partial charge is 0.369 e. The average molecular weight is 364 g/mol. The van der Waals surface area contributed by atoms with Crippen molar-refractivity contribution in [3.63, 3.8) is 0 Å². The third-order valence-electron chi connectivity index (χ3n) is 3.41. The zero-order chi connectivity index (χ0) is 17.4. The minimum absolute atomic E-state index is 0.0120. The molecular formula is C13H15F3N4OS2. The van der Waals surface area contributed by atoms with Crippen LogP contribution in [0.15, 0.2) is 23.2 Å². The molecule has 2 atom stereocenters. The number of halogens is 3. The number of hydrogen-bond donors (Lipinski definition) is 2. The number of benzene rings is 1. The van der Waals surface area contributed by atoms with Crippen LogP contribution >= 0.6 is 12.2 Å². The van der Waals surface area contributed by atoms with E-state index in [9.17, 15) is 17.4 Å². The van der Waals surface area contributed by atoms with Gasteiger partial charge in [-0.25, -0.2) is 22.4 Å². The third kappa shape index (κ3) is 3.63. The van der Waals surface area contributed by atoms with Gasteiger partial charge in [0.05, 0.1) is 5.75 Å². The number of rotatable bonds is 3. The summed E-state index contributed by atoms with van der Waals surface area (Å²) in [6, 6.07) is 3.73. The maximum Gasteiger partial charge on any atom is 0.288 e. The quantitative estimate of drug-likeness (QED) is 0.805. The standard InChI is InChI=1S/C13H15F3N4OS2/c1-13(6-23(21)20(2)12(17)19-13)8-5-7(3-4-9(8)14)18-11(22)10(15)16/h3-5,10H,6H2,1-2H3,(H2,17,19)(H,18,22). The van der Waals surface area contributed by atoms with Crippen LogP contribution in [-0.2, 0) is 16.5 Å². The number of anilines is 1. The molecule has 0 aromatic heterocycles. The van der Waals surface area contributed by atoms with Crippen LogP contribution in [0.5, 0.6) is 0 Å². The molecule has 3 N–H and O–H groups in total. The first-order chi connectivity index (χ1) is 10.6. The Balaban J connectivity index is 2.43. The predicted molar refractivity (Wildman–Crippen MR) is 88.4 cm³/mol. The van der Waals surface area contributed by atoms with E-state index in [1.807, 2.05) is 0 Å². The zero-order valence-corrected chi connectivity index (χ0v) is 14.0. The fourth-order valence-electron chi connectivity index (χ4n) is 2.15. The van der Waals surface area contributed by atoms with Crippen LogP contribution in [0.4, 0.5) is 18.9 Å². The lowest BCUT2D eigenvalue weighted by Crippen LogP contribution is -2.47. The van der Waals surface area contributed by atoms with Gasteiger partial charge in [0.25, 0.3) is 6.43 Å². The molecule has 1 aromatic rings.